The molecule has 0 spiro atoms. The van der Waals surface area contributed by atoms with Crippen molar-refractivity contribution in [3.05, 3.63) is 89.3 Å². The van der Waals surface area contributed by atoms with Gasteiger partial charge in [-0.2, -0.15) is 0 Å². The first kappa shape index (κ1) is 38.3. The molecule has 0 bridgehead atoms. The maximum Gasteiger partial charge on any atom is 0.333 e. The molecule has 0 aromatic heterocycles. The number of ether oxygens (including phenoxy) is 2. The van der Waals surface area contributed by atoms with E-state index in [1.807, 2.05) is 37.3 Å². The maximum atomic E-state index is 15.7. The van der Waals surface area contributed by atoms with Gasteiger partial charge in [-0.3, -0.25) is 0 Å². The summed E-state index contributed by atoms with van der Waals surface area (Å²) in [6.45, 7) is 11.4. The zero-order chi connectivity index (χ0) is 35.4. The highest BCUT2D eigenvalue weighted by atomic mass is 19.1. The van der Waals surface area contributed by atoms with E-state index in [0.717, 1.165) is 58.6 Å². The summed E-state index contributed by atoms with van der Waals surface area (Å²) in [7, 11) is 0. The molecule has 3 aromatic carbocycles. The van der Waals surface area contributed by atoms with Crippen molar-refractivity contribution in [3.8, 4) is 28.0 Å². The van der Waals surface area contributed by atoms with E-state index in [2.05, 4.69) is 38.6 Å². The van der Waals surface area contributed by atoms with E-state index >= 15 is 4.39 Å². The van der Waals surface area contributed by atoms with Crippen LogP contribution in [-0.4, -0.2) is 42.6 Å². The van der Waals surface area contributed by atoms with E-state index in [1.165, 1.54) is 38.5 Å². The van der Waals surface area contributed by atoms with Crippen LogP contribution in [0.2, 0.25) is 0 Å². The Hall–Kier alpha value is -3.48. The van der Waals surface area contributed by atoms with Gasteiger partial charge in [0.05, 0.1) is 31.8 Å². The molecule has 1 aliphatic rings. The third-order valence-electron chi connectivity index (χ3n) is 10.6. The number of aliphatic hydroxyl groups excluding tert-OH is 2. The van der Waals surface area contributed by atoms with Gasteiger partial charge in [0.1, 0.15) is 11.6 Å². The number of hydrogen-bond donors (Lipinski definition) is 2. The van der Waals surface area contributed by atoms with Crippen LogP contribution in [0, 0.1) is 17.2 Å². The Balaban J connectivity index is 1.55. The van der Waals surface area contributed by atoms with Crippen LogP contribution in [0.3, 0.4) is 0 Å². The number of esters is 1. The second kappa shape index (κ2) is 18.5. The molecule has 0 unspecified atom stereocenters. The number of aliphatic hydroxyl groups is 2. The summed E-state index contributed by atoms with van der Waals surface area (Å²) in [4.78, 5) is 12.1. The Morgan fingerprint density at radius 3 is 2.20 bits per heavy atom. The normalized spacial score (nSPS) is 16.4. The highest BCUT2D eigenvalue weighted by Crippen LogP contribution is 2.40. The van der Waals surface area contributed by atoms with Gasteiger partial charge in [-0.15, -0.1) is 0 Å². The van der Waals surface area contributed by atoms with Crippen LogP contribution in [0.5, 0.6) is 5.75 Å². The Morgan fingerprint density at radius 2 is 1.57 bits per heavy atom. The monoisotopic (exact) mass is 672 g/mol. The second-order valence-electron chi connectivity index (χ2n) is 14.1. The van der Waals surface area contributed by atoms with Gasteiger partial charge in [0.15, 0.2) is 0 Å². The highest BCUT2D eigenvalue weighted by molar-refractivity contribution is 5.86. The Morgan fingerprint density at radius 1 is 0.898 bits per heavy atom. The van der Waals surface area contributed by atoms with Crippen LogP contribution >= 0.6 is 0 Å². The molecule has 49 heavy (non-hydrogen) atoms. The first-order valence-electron chi connectivity index (χ1n) is 18.4. The molecule has 0 amide bonds. The van der Waals surface area contributed by atoms with Crippen molar-refractivity contribution in [2.75, 3.05) is 26.4 Å². The lowest BCUT2D eigenvalue weighted by Crippen LogP contribution is -2.35. The predicted molar refractivity (Wildman–Crippen MR) is 197 cm³/mol. The van der Waals surface area contributed by atoms with E-state index in [4.69, 9.17) is 9.47 Å². The summed E-state index contributed by atoms with van der Waals surface area (Å²) in [6, 6.07) is 17.9. The smallest absolute Gasteiger partial charge is 0.333 e. The first-order chi connectivity index (χ1) is 23.7. The molecule has 6 heteroatoms. The van der Waals surface area contributed by atoms with Gasteiger partial charge >= 0.3 is 5.97 Å². The Kier molecular flexibility index (Phi) is 14.5. The van der Waals surface area contributed by atoms with E-state index in [9.17, 15) is 15.0 Å². The van der Waals surface area contributed by atoms with Crippen molar-refractivity contribution < 1.29 is 28.9 Å². The van der Waals surface area contributed by atoms with Gasteiger partial charge in [0, 0.05) is 17.6 Å². The lowest BCUT2D eigenvalue weighted by molar-refractivity contribution is -0.138. The number of hydrogen-bond acceptors (Lipinski definition) is 5. The van der Waals surface area contributed by atoms with Crippen molar-refractivity contribution in [1.82, 2.24) is 0 Å². The molecule has 0 radical (unpaired) electrons. The van der Waals surface area contributed by atoms with Crippen molar-refractivity contribution in [3.63, 3.8) is 0 Å². The van der Waals surface area contributed by atoms with Gasteiger partial charge in [0.25, 0.3) is 0 Å². The number of rotatable bonds is 18. The lowest BCUT2D eigenvalue weighted by atomic mass is 9.77. The fraction of sp³-hybridized carbons (Fsp3) is 0.512. The van der Waals surface area contributed by atoms with Gasteiger partial charge < -0.3 is 19.7 Å². The number of benzene rings is 3. The zero-order valence-corrected chi connectivity index (χ0v) is 30.2. The predicted octanol–water partition coefficient (Wildman–Crippen LogP) is 10.00. The Labute approximate surface area is 293 Å². The van der Waals surface area contributed by atoms with Gasteiger partial charge in [-0.25, -0.2) is 9.18 Å². The number of halogens is 1. The van der Waals surface area contributed by atoms with Crippen molar-refractivity contribution in [2.45, 2.75) is 104 Å². The van der Waals surface area contributed by atoms with Crippen molar-refractivity contribution in [2.24, 2.45) is 11.3 Å². The lowest BCUT2D eigenvalue weighted by Gasteiger charge is -2.29. The third-order valence-corrected chi connectivity index (χ3v) is 10.6. The molecule has 3 aromatic rings. The van der Waals surface area contributed by atoms with Crippen LogP contribution in [0.4, 0.5) is 4.39 Å². The average Bonchev–Trinajstić information content (AvgIpc) is 3.12. The van der Waals surface area contributed by atoms with Crippen LogP contribution in [0.25, 0.3) is 22.3 Å². The van der Waals surface area contributed by atoms with Crippen LogP contribution < -0.4 is 4.74 Å². The van der Waals surface area contributed by atoms with Crippen LogP contribution in [0.1, 0.15) is 108 Å². The number of carbonyl (C=O) groups is 1. The zero-order valence-electron chi connectivity index (χ0n) is 30.2. The summed E-state index contributed by atoms with van der Waals surface area (Å²) in [5.41, 5.74) is 6.14. The SMILES string of the molecule is C=C(C)C(=O)OCCc1cc(-c2ccc(-c3ccc(C4CCC(CCCCC)CC4)cc3F)cc2CC)ccc1OCC(CC)(CO)CO. The second-order valence-corrected chi connectivity index (χ2v) is 14.1. The minimum Gasteiger partial charge on any atom is -0.493 e. The highest BCUT2D eigenvalue weighted by Gasteiger charge is 2.28. The molecular weight excluding hydrogens is 615 g/mol. The summed E-state index contributed by atoms with van der Waals surface area (Å²) in [6.07, 6.45) is 11.8. The molecular formula is C43H57FO5. The number of carbonyl (C=O) groups excluding carboxylic acids is 1. The molecule has 2 N–H and O–H groups in total. The first-order valence-corrected chi connectivity index (χ1v) is 18.4. The fourth-order valence-electron chi connectivity index (χ4n) is 6.98. The molecule has 0 aliphatic heterocycles. The third kappa shape index (κ3) is 10.0. The molecule has 5 nitrogen and oxygen atoms in total. The molecule has 266 valence electrons. The van der Waals surface area contributed by atoms with E-state index in [0.29, 0.717) is 35.6 Å². The topological polar surface area (TPSA) is 76.0 Å². The van der Waals surface area contributed by atoms with Gasteiger partial charge in [-0.1, -0.05) is 89.4 Å². The van der Waals surface area contributed by atoms with Gasteiger partial charge in [-0.05, 0) is 109 Å². The molecule has 1 aliphatic carbocycles. The molecule has 0 heterocycles. The largest absolute Gasteiger partial charge is 0.493 e. The summed E-state index contributed by atoms with van der Waals surface area (Å²) < 4.78 is 27.3. The van der Waals surface area contributed by atoms with Crippen molar-refractivity contribution >= 4 is 5.97 Å². The van der Waals surface area contributed by atoms with E-state index < -0.39 is 11.4 Å². The molecule has 1 fully saturated rings. The summed E-state index contributed by atoms with van der Waals surface area (Å²) in [5, 5.41) is 19.9. The number of aryl methyl sites for hydroxylation is 1. The molecule has 1 saturated carbocycles. The summed E-state index contributed by atoms with van der Waals surface area (Å²) in [5.74, 6) is 1.26. The quantitative estimate of drug-likeness (QED) is 0.0799. The molecule has 4 rings (SSSR count). The standard InChI is InChI=1S/C43H57FO5/c1-6-9-10-11-31-12-14-33(15-13-31)34-16-20-39(40(44)26-34)36-17-19-38(32(7-2)24-36)35-18-21-41(49-29-43(8-3,27-45)28-46)37(25-35)22-23-48-42(47)30(4)5/h16-21,24-26,31,33,45-46H,4,6-15,22-23,27-29H2,1-3,5H3. The fourth-order valence-corrected chi connectivity index (χ4v) is 6.98. The maximum absolute atomic E-state index is 15.7. The average molecular weight is 673 g/mol. The number of unbranched alkanes of at least 4 members (excludes halogenated alkanes) is 2. The van der Waals surface area contributed by atoms with E-state index in [-0.39, 0.29) is 32.2 Å². The minimum absolute atomic E-state index is 0.147. The van der Waals surface area contributed by atoms with Gasteiger partial charge in [0.2, 0.25) is 0 Å². The van der Waals surface area contributed by atoms with E-state index in [1.54, 1.807) is 13.0 Å². The molecule has 0 saturated heterocycles. The summed E-state index contributed by atoms with van der Waals surface area (Å²) >= 11 is 0. The Bertz CT molecular complexity index is 1520. The van der Waals surface area contributed by atoms with Crippen molar-refractivity contribution in [1.29, 1.82) is 0 Å². The molecule has 0 atom stereocenters. The van der Waals surface area contributed by atoms with Crippen LogP contribution in [-0.2, 0) is 22.4 Å². The minimum atomic E-state index is -0.756. The van der Waals surface area contributed by atoms with Crippen LogP contribution in [0.15, 0.2) is 66.7 Å².